The zero-order valence-corrected chi connectivity index (χ0v) is 4.86. The van der Waals surface area contributed by atoms with Crippen LogP contribution in [0.3, 0.4) is 0 Å². The van der Waals surface area contributed by atoms with Gasteiger partial charge in [0.25, 0.3) is 0 Å². The summed E-state index contributed by atoms with van der Waals surface area (Å²) in [5, 5.41) is 0. The van der Waals surface area contributed by atoms with Crippen molar-refractivity contribution in [1.82, 2.24) is 0 Å². The predicted molar refractivity (Wildman–Crippen MR) is 28.2 cm³/mol. The second-order valence-corrected chi connectivity index (χ2v) is 2.26. The van der Waals surface area contributed by atoms with Crippen molar-refractivity contribution in [3.8, 4) is 0 Å². The van der Waals surface area contributed by atoms with Crippen LogP contribution in [0.15, 0.2) is 0 Å². The molecule has 0 nitrogen and oxygen atoms in total. The summed E-state index contributed by atoms with van der Waals surface area (Å²) in [5.41, 5.74) is 0. The Balaban J connectivity index is 2.35. The Morgan fingerprint density at radius 1 is 1.11 bits per heavy atom. The Bertz CT molecular complexity index is 94.3. The highest BCUT2D eigenvalue weighted by atomic mass is 19.2. The van der Waals surface area contributed by atoms with Crippen molar-refractivity contribution < 1.29 is 13.2 Å². The molecule has 1 saturated carbocycles. The van der Waals surface area contributed by atoms with E-state index in [0.29, 0.717) is 0 Å². The fourth-order valence-corrected chi connectivity index (χ4v) is 0.884. The standard InChI is InChI=1S/C6H8F3/c7-4-1-2-5(8)6(9)3-4/h1,4-6H,2-3H2. The Morgan fingerprint density at radius 3 is 2.22 bits per heavy atom. The van der Waals surface area contributed by atoms with Gasteiger partial charge < -0.3 is 0 Å². The summed E-state index contributed by atoms with van der Waals surface area (Å²) in [6, 6.07) is 0. The minimum Gasteiger partial charge on any atom is -0.247 e. The molecule has 0 bridgehead atoms. The average molecular weight is 137 g/mol. The lowest BCUT2D eigenvalue weighted by Crippen LogP contribution is -2.28. The quantitative estimate of drug-likeness (QED) is 0.479. The fourth-order valence-electron chi connectivity index (χ4n) is 0.884. The number of alkyl halides is 3. The maximum absolute atomic E-state index is 12.2. The van der Waals surface area contributed by atoms with Gasteiger partial charge in [0, 0.05) is 6.42 Å². The van der Waals surface area contributed by atoms with Gasteiger partial charge in [-0.2, -0.15) is 0 Å². The molecule has 0 aromatic carbocycles. The Hall–Kier alpha value is -0.210. The van der Waals surface area contributed by atoms with E-state index in [4.69, 9.17) is 0 Å². The first-order chi connectivity index (χ1) is 4.20. The van der Waals surface area contributed by atoms with Gasteiger partial charge in [0.2, 0.25) is 0 Å². The molecule has 1 fully saturated rings. The maximum Gasteiger partial charge on any atom is 0.134 e. The molecule has 0 aliphatic heterocycles. The highest BCUT2D eigenvalue weighted by molar-refractivity contribution is 4.90. The van der Waals surface area contributed by atoms with E-state index in [1.807, 2.05) is 0 Å². The smallest absolute Gasteiger partial charge is 0.134 e. The molecule has 1 radical (unpaired) electrons. The third-order valence-electron chi connectivity index (χ3n) is 1.46. The van der Waals surface area contributed by atoms with Crippen molar-refractivity contribution in [2.24, 2.45) is 0 Å². The molecular weight excluding hydrogens is 129 g/mol. The maximum atomic E-state index is 12.2. The van der Waals surface area contributed by atoms with Crippen molar-refractivity contribution in [1.29, 1.82) is 0 Å². The number of halogens is 3. The van der Waals surface area contributed by atoms with Crippen molar-refractivity contribution >= 4 is 0 Å². The van der Waals surface area contributed by atoms with E-state index in [9.17, 15) is 13.2 Å². The number of hydrogen-bond acceptors (Lipinski definition) is 0. The molecule has 0 aromatic heterocycles. The van der Waals surface area contributed by atoms with Crippen LogP contribution in [0, 0.1) is 6.42 Å². The zero-order chi connectivity index (χ0) is 6.85. The largest absolute Gasteiger partial charge is 0.247 e. The van der Waals surface area contributed by atoms with Crippen LogP contribution >= 0.6 is 0 Å². The molecule has 1 aliphatic carbocycles. The molecule has 0 spiro atoms. The van der Waals surface area contributed by atoms with E-state index in [1.165, 1.54) is 6.42 Å². The lowest BCUT2D eigenvalue weighted by molar-refractivity contribution is 0.101. The normalized spacial score (nSPS) is 45.0. The van der Waals surface area contributed by atoms with Crippen LogP contribution in [-0.2, 0) is 0 Å². The summed E-state index contributed by atoms with van der Waals surface area (Å²) in [4.78, 5) is 0. The molecule has 0 amide bonds. The van der Waals surface area contributed by atoms with Crippen LogP contribution in [0.25, 0.3) is 0 Å². The van der Waals surface area contributed by atoms with Crippen LogP contribution in [0.4, 0.5) is 13.2 Å². The molecule has 3 atom stereocenters. The van der Waals surface area contributed by atoms with Gasteiger partial charge in [-0.05, 0) is 12.8 Å². The van der Waals surface area contributed by atoms with Crippen LogP contribution in [-0.4, -0.2) is 18.5 Å². The van der Waals surface area contributed by atoms with Gasteiger partial charge in [0.1, 0.15) is 18.5 Å². The molecule has 9 heavy (non-hydrogen) atoms. The van der Waals surface area contributed by atoms with Crippen LogP contribution in [0.2, 0.25) is 0 Å². The van der Waals surface area contributed by atoms with Crippen molar-refractivity contribution in [3.63, 3.8) is 0 Å². The van der Waals surface area contributed by atoms with E-state index < -0.39 is 18.5 Å². The minimum absolute atomic E-state index is 0.0810. The molecular formula is C6H8F3. The van der Waals surface area contributed by atoms with Crippen molar-refractivity contribution in [2.45, 2.75) is 31.4 Å². The Morgan fingerprint density at radius 2 is 1.78 bits per heavy atom. The second-order valence-electron chi connectivity index (χ2n) is 2.26. The second kappa shape index (κ2) is 2.58. The first kappa shape index (κ1) is 6.90. The van der Waals surface area contributed by atoms with Gasteiger partial charge in [-0.1, -0.05) is 0 Å². The van der Waals surface area contributed by atoms with E-state index in [2.05, 4.69) is 0 Å². The minimum atomic E-state index is -1.59. The summed E-state index contributed by atoms with van der Waals surface area (Å²) >= 11 is 0. The molecule has 0 saturated heterocycles. The first-order valence-corrected chi connectivity index (χ1v) is 2.95. The summed E-state index contributed by atoms with van der Waals surface area (Å²) in [6.45, 7) is 0. The Labute approximate surface area is 52.1 Å². The first-order valence-electron chi connectivity index (χ1n) is 2.95. The molecule has 0 heterocycles. The van der Waals surface area contributed by atoms with Crippen LogP contribution < -0.4 is 0 Å². The van der Waals surface area contributed by atoms with Gasteiger partial charge in [-0.3, -0.25) is 0 Å². The summed E-state index contributed by atoms with van der Waals surface area (Å²) < 4.78 is 36.5. The molecule has 0 N–H and O–H groups in total. The fraction of sp³-hybridized carbons (Fsp3) is 0.833. The number of hydrogen-bond donors (Lipinski definition) is 0. The van der Waals surface area contributed by atoms with Gasteiger partial charge >= 0.3 is 0 Å². The lowest BCUT2D eigenvalue weighted by atomic mass is 9.96. The highest BCUT2D eigenvalue weighted by Gasteiger charge is 2.30. The van der Waals surface area contributed by atoms with Crippen LogP contribution in [0.5, 0.6) is 0 Å². The number of rotatable bonds is 0. The monoisotopic (exact) mass is 137 g/mol. The molecule has 1 aliphatic rings. The third-order valence-corrected chi connectivity index (χ3v) is 1.46. The van der Waals surface area contributed by atoms with Gasteiger partial charge in [-0.25, -0.2) is 13.2 Å². The molecule has 0 aromatic rings. The molecule has 53 valence electrons. The molecule has 3 unspecified atom stereocenters. The summed E-state index contributed by atoms with van der Waals surface area (Å²) in [7, 11) is 0. The topological polar surface area (TPSA) is 0 Å². The van der Waals surface area contributed by atoms with Crippen molar-refractivity contribution in [2.75, 3.05) is 0 Å². The van der Waals surface area contributed by atoms with Crippen LogP contribution in [0.1, 0.15) is 12.8 Å². The summed E-state index contributed by atoms with van der Waals surface area (Å²) in [6.07, 6.45) is -3.52. The zero-order valence-electron chi connectivity index (χ0n) is 4.86. The molecule has 3 heteroatoms. The van der Waals surface area contributed by atoms with E-state index in [0.717, 1.165) is 0 Å². The summed E-state index contributed by atoms with van der Waals surface area (Å²) in [5.74, 6) is 0. The van der Waals surface area contributed by atoms with Gasteiger partial charge in [0.05, 0.1) is 0 Å². The van der Waals surface area contributed by atoms with Gasteiger partial charge in [-0.15, -0.1) is 0 Å². The SMILES string of the molecule is FC1[CH]CC(F)C(F)C1. The van der Waals surface area contributed by atoms with E-state index in [1.54, 1.807) is 0 Å². The third kappa shape index (κ3) is 1.60. The predicted octanol–water partition coefficient (Wildman–Crippen LogP) is 2.00. The highest BCUT2D eigenvalue weighted by Crippen LogP contribution is 2.25. The van der Waals surface area contributed by atoms with Crippen molar-refractivity contribution in [3.05, 3.63) is 6.42 Å². The Kier molecular flexibility index (Phi) is 1.98. The van der Waals surface area contributed by atoms with E-state index >= 15 is 0 Å². The van der Waals surface area contributed by atoms with Gasteiger partial charge in [0.15, 0.2) is 0 Å². The van der Waals surface area contributed by atoms with E-state index in [-0.39, 0.29) is 12.8 Å². The molecule has 1 rings (SSSR count). The lowest BCUT2D eigenvalue weighted by Gasteiger charge is -2.21. The average Bonchev–Trinajstić information content (AvgIpc) is 1.80.